The zero-order chi connectivity index (χ0) is 15.0. The van der Waals surface area contributed by atoms with Crippen molar-refractivity contribution in [2.75, 3.05) is 0 Å². The van der Waals surface area contributed by atoms with Crippen molar-refractivity contribution in [3.8, 4) is 5.75 Å². The highest BCUT2D eigenvalue weighted by Crippen LogP contribution is 2.46. The molecule has 1 N–H and O–H groups in total. The first-order chi connectivity index (χ1) is 8.45. The Balaban J connectivity index is 3.12. The third kappa shape index (κ3) is 3.58. The zero-order valence-corrected chi connectivity index (χ0v) is 9.91. The van der Waals surface area contributed by atoms with E-state index >= 15 is 0 Å². The van der Waals surface area contributed by atoms with Gasteiger partial charge in [0.25, 0.3) is 6.17 Å². The number of alkyl halides is 6. The van der Waals surface area contributed by atoms with E-state index in [1.807, 2.05) is 0 Å². The van der Waals surface area contributed by atoms with Crippen LogP contribution in [0.5, 0.6) is 5.75 Å². The van der Waals surface area contributed by atoms with E-state index in [0.717, 1.165) is 6.07 Å². The molecule has 1 atom stereocenters. The van der Waals surface area contributed by atoms with E-state index in [1.54, 1.807) is 0 Å². The van der Waals surface area contributed by atoms with Gasteiger partial charge in [-0.15, -0.1) is 0 Å². The molecule has 1 aromatic rings. The lowest BCUT2D eigenvalue weighted by atomic mass is 10.4. The molecular weight excluding hydrogens is 302 g/mol. The largest absolute Gasteiger partial charge is 0.506 e. The fourth-order valence-corrected chi connectivity index (χ4v) is 1.85. The van der Waals surface area contributed by atoms with Crippen molar-refractivity contribution in [3.63, 3.8) is 0 Å². The fourth-order valence-electron chi connectivity index (χ4n) is 1.06. The summed E-state index contributed by atoms with van der Waals surface area (Å²) in [6, 6.07) is 0.751. The van der Waals surface area contributed by atoms with Crippen molar-refractivity contribution >= 4 is 11.8 Å². The first-order valence-corrected chi connectivity index (χ1v) is 5.38. The lowest BCUT2D eigenvalue weighted by Crippen LogP contribution is -2.39. The Bertz CT molecular complexity index is 524. The zero-order valence-electron chi connectivity index (χ0n) is 9.09. The Morgan fingerprint density at radius 1 is 1.32 bits per heavy atom. The molecule has 0 aliphatic carbocycles. The smallest absolute Gasteiger partial charge is 0.426 e. The van der Waals surface area contributed by atoms with Crippen LogP contribution in [0, 0.1) is 6.92 Å². The molecule has 3 nitrogen and oxygen atoms in total. The Kier molecular flexibility index (Phi) is 4.13. The lowest BCUT2D eigenvalue weighted by molar-refractivity contribution is -0.219. The van der Waals surface area contributed by atoms with Crippen LogP contribution in [-0.2, 0) is 0 Å². The van der Waals surface area contributed by atoms with Gasteiger partial charge in [0, 0.05) is 6.07 Å². The molecule has 1 aromatic heterocycles. The number of hydrogen-bond donors (Lipinski definition) is 1. The van der Waals surface area contributed by atoms with E-state index in [0.29, 0.717) is 0 Å². The molecule has 19 heavy (non-hydrogen) atoms. The highest BCUT2D eigenvalue weighted by atomic mass is 32.2. The van der Waals surface area contributed by atoms with Crippen molar-refractivity contribution in [1.29, 1.82) is 0 Å². The average Bonchev–Trinajstić information content (AvgIpc) is 2.21. The van der Waals surface area contributed by atoms with E-state index in [4.69, 9.17) is 0 Å². The molecule has 0 spiro atoms. The van der Waals surface area contributed by atoms with E-state index in [1.165, 1.54) is 6.92 Å². The molecule has 0 bridgehead atoms. The minimum absolute atomic E-state index is 0.136. The SMILES string of the molecule is Cc1cc(O)c(SC(F)(F)[C@@H](F)C(F)(F)F)c(=O)o1. The number of aryl methyl sites for hydroxylation is 1. The van der Waals surface area contributed by atoms with Gasteiger partial charge in [-0.25, -0.2) is 9.18 Å². The van der Waals surface area contributed by atoms with Crippen LogP contribution in [0.1, 0.15) is 5.76 Å². The van der Waals surface area contributed by atoms with Gasteiger partial charge in [0.05, 0.1) is 0 Å². The maximum atomic E-state index is 13.0. The summed E-state index contributed by atoms with van der Waals surface area (Å²) in [5.41, 5.74) is -1.48. The molecule has 0 aliphatic heterocycles. The van der Waals surface area contributed by atoms with Crippen LogP contribution >= 0.6 is 11.8 Å². The first kappa shape index (κ1) is 15.7. The maximum absolute atomic E-state index is 13.0. The average molecular weight is 308 g/mol. The third-order valence-corrected chi connectivity index (χ3v) is 2.89. The summed E-state index contributed by atoms with van der Waals surface area (Å²) in [5.74, 6) is -1.14. The van der Waals surface area contributed by atoms with Gasteiger partial charge in [0.1, 0.15) is 16.4 Å². The van der Waals surface area contributed by atoms with Gasteiger partial charge >= 0.3 is 17.1 Å². The molecular formula is C9H6F6O3S. The second-order valence-corrected chi connectivity index (χ2v) is 4.58. The van der Waals surface area contributed by atoms with Crippen LogP contribution in [0.3, 0.4) is 0 Å². The summed E-state index contributed by atoms with van der Waals surface area (Å²) in [6.07, 6.45) is -10.3. The lowest BCUT2D eigenvalue weighted by Gasteiger charge is -2.21. The first-order valence-electron chi connectivity index (χ1n) is 4.56. The highest BCUT2D eigenvalue weighted by Gasteiger charge is 2.58. The number of thioether (sulfide) groups is 1. The molecule has 0 amide bonds. The molecule has 0 radical (unpaired) electrons. The Hall–Kier alpha value is -1.32. The minimum atomic E-state index is -5.79. The van der Waals surface area contributed by atoms with E-state index in [-0.39, 0.29) is 5.76 Å². The summed E-state index contributed by atoms with van der Waals surface area (Å²) < 4.78 is 78.6. The van der Waals surface area contributed by atoms with Crippen LogP contribution in [0.4, 0.5) is 26.3 Å². The highest BCUT2D eigenvalue weighted by molar-refractivity contribution is 8.00. The van der Waals surface area contributed by atoms with E-state index < -0.39 is 45.6 Å². The van der Waals surface area contributed by atoms with Crippen LogP contribution in [-0.4, -0.2) is 22.7 Å². The molecule has 1 rings (SSSR count). The van der Waals surface area contributed by atoms with E-state index in [9.17, 15) is 36.2 Å². The second-order valence-electron chi connectivity index (χ2n) is 3.43. The van der Waals surface area contributed by atoms with Gasteiger partial charge in [-0.2, -0.15) is 22.0 Å². The summed E-state index contributed by atoms with van der Waals surface area (Å²) in [5, 5.41) is 4.23. The Morgan fingerprint density at radius 3 is 2.26 bits per heavy atom. The van der Waals surface area contributed by atoms with Gasteiger partial charge in [-0.3, -0.25) is 0 Å². The number of rotatable bonds is 3. The van der Waals surface area contributed by atoms with Gasteiger partial charge in [0.15, 0.2) is 0 Å². The summed E-state index contributed by atoms with van der Waals surface area (Å²) >= 11 is -1.04. The quantitative estimate of drug-likeness (QED) is 0.688. The van der Waals surface area contributed by atoms with Crippen molar-refractivity contribution < 1.29 is 35.9 Å². The van der Waals surface area contributed by atoms with Crippen molar-refractivity contribution in [2.45, 2.75) is 29.4 Å². The molecule has 0 saturated carbocycles. The minimum Gasteiger partial charge on any atom is -0.506 e. The topological polar surface area (TPSA) is 50.4 Å². The van der Waals surface area contributed by atoms with Crippen LogP contribution in [0.25, 0.3) is 0 Å². The summed E-state index contributed by atoms with van der Waals surface area (Å²) in [6.45, 7) is 1.21. The maximum Gasteiger partial charge on any atom is 0.426 e. The van der Waals surface area contributed by atoms with Gasteiger partial charge in [-0.05, 0) is 18.7 Å². The van der Waals surface area contributed by atoms with Gasteiger partial charge in [-0.1, -0.05) is 0 Å². The molecule has 10 heteroatoms. The Labute approximate surface area is 106 Å². The molecule has 0 unspecified atom stereocenters. The standard InChI is InChI=1S/C9H6F6O3S/c1-3-2-4(16)5(6(17)18-3)19-9(14,15)7(10)8(11,12)13/h2,7,16H,1H3/t7-/m0/s1. The molecule has 1 heterocycles. The van der Waals surface area contributed by atoms with E-state index in [2.05, 4.69) is 4.42 Å². The molecule has 108 valence electrons. The number of aromatic hydroxyl groups is 1. The predicted molar refractivity (Wildman–Crippen MR) is 53.1 cm³/mol. The fraction of sp³-hybridized carbons (Fsp3) is 0.444. The van der Waals surface area contributed by atoms with Gasteiger partial charge in [0.2, 0.25) is 0 Å². The number of hydrogen-bond acceptors (Lipinski definition) is 4. The Morgan fingerprint density at radius 2 is 1.84 bits per heavy atom. The normalized spacial score (nSPS) is 14.5. The second kappa shape index (κ2) is 4.99. The molecule has 0 saturated heterocycles. The van der Waals surface area contributed by atoms with Crippen LogP contribution in [0.2, 0.25) is 0 Å². The third-order valence-electron chi connectivity index (χ3n) is 1.83. The predicted octanol–water partition coefficient (Wildman–Crippen LogP) is 3.24. The molecule has 0 aromatic carbocycles. The van der Waals surface area contributed by atoms with Crippen LogP contribution < -0.4 is 5.63 Å². The molecule has 0 aliphatic rings. The summed E-state index contributed by atoms with van der Waals surface area (Å²) in [4.78, 5) is 9.93. The van der Waals surface area contributed by atoms with Crippen LogP contribution in [0.15, 0.2) is 20.2 Å². The monoisotopic (exact) mass is 308 g/mol. The summed E-state index contributed by atoms with van der Waals surface area (Å²) in [7, 11) is 0. The van der Waals surface area contributed by atoms with Crippen molar-refractivity contribution in [3.05, 3.63) is 22.2 Å². The van der Waals surface area contributed by atoms with Gasteiger partial charge < -0.3 is 9.52 Å². The molecule has 0 fully saturated rings. The van der Waals surface area contributed by atoms with Crippen molar-refractivity contribution in [1.82, 2.24) is 0 Å². The number of halogens is 6. The van der Waals surface area contributed by atoms with Crippen molar-refractivity contribution in [2.24, 2.45) is 0 Å².